The molecule has 1 atom stereocenters. The minimum absolute atomic E-state index is 0.0216. The van der Waals surface area contributed by atoms with Crippen LogP contribution in [0, 0.1) is 0 Å². The van der Waals surface area contributed by atoms with Crippen LogP contribution in [0.1, 0.15) is 44.9 Å². The number of amides is 1. The zero-order chi connectivity index (χ0) is 17.9. The molecule has 25 heavy (non-hydrogen) atoms. The van der Waals surface area contributed by atoms with E-state index in [0.717, 1.165) is 31.4 Å². The van der Waals surface area contributed by atoms with E-state index in [1.807, 2.05) is 19.1 Å². The van der Waals surface area contributed by atoms with Gasteiger partial charge in [0.2, 0.25) is 5.91 Å². The second-order valence-electron chi connectivity index (χ2n) is 6.26. The van der Waals surface area contributed by atoms with Crippen LogP contribution in [0.3, 0.4) is 0 Å². The van der Waals surface area contributed by atoms with E-state index >= 15 is 0 Å². The van der Waals surface area contributed by atoms with Crippen molar-refractivity contribution in [2.75, 3.05) is 39.3 Å². The van der Waals surface area contributed by atoms with Crippen molar-refractivity contribution in [1.29, 1.82) is 0 Å². The summed E-state index contributed by atoms with van der Waals surface area (Å²) >= 11 is 0. The number of carbonyl (C=O) groups excluding carboxylic acids is 1. The van der Waals surface area contributed by atoms with E-state index in [1.54, 1.807) is 6.26 Å². The lowest BCUT2D eigenvalue weighted by atomic mass is 10.1. The summed E-state index contributed by atoms with van der Waals surface area (Å²) in [6, 6.07) is 4.14. The molecule has 7 heteroatoms. The van der Waals surface area contributed by atoms with Gasteiger partial charge in [0.05, 0.1) is 18.8 Å². The van der Waals surface area contributed by atoms with Crippen molar-refractivity contribution in [3.63, 3.8) is 0 Å². The van der Waals surface area contributed by atoms with Crippen LogP contribution in [0.5, 0.6) is 0 Å². The molecule has 2 rings (SSSR count). The topological polar surface area (TPSA) is 81.9 Å². The highest BCUT2D eigenvalue weighted by atomic mass is 16.3. The molecule has 0 aliphatic carbocycles. The predicted octanol–water partition coefficient (Wildman–Crippen LogP) is 1.50. The monoisotopic (exact) mass is 349 g/mol. The minimum atomic E-state index is -0.0216. The van der Waals surface area contributed by atoms with Crippen molar-refractivity contribution in [1.82, 2.24) is 20.9 Å². The number of nitrogens with zero attached hydrogens (tertiary/aromatic N) is 2. The molecule has 0 bridgehead atoms. The Kier molecular flexibility index (Phi) is 8.31. The SMILES string of the molecule is CCNC(=NCC(c1ccco1)N1CCCCC1)NCCNC(C)=O. The number of rotatable bonds is 8. The summed E-state index contributed by atoms with van der Waals surface area (Å²) in [5, 5.41) is 9.28. The van der Waals surface area contributed by atoms with E-state index in [0.29, 0.717) is 19.6 Å². The Labute approximate surface area is 150 Å². The average molecular weight is 349 g/mol. The maximum Gasteiger partial charge on any atom is 0.216 e. The molecule has 1 unspecified atom stereocenters. The van der Waals surface area contributed by atoms with Gasteiger partial charge in [-0.1, -0.05) is 6.42 Å². The molecule has 0 aromatic carbocycles. The number of piperidine rings is 1. The number of furan rings is 1. The highest BCUT2D eigenvalue weighted by Crippen LogP contribution is 2.25. The quantitative estimate of drug-likeness (QED) is 0.376. The van der Waals surface area contributed by atoms with Gasteiger partial charge in [-0.15, -0.1) is 0 Å². The van der Waals surface area contributed by atoms with Crippen molar-refractivity contribution in [2.45, 2.75) is 39.2 Å². The molecule has 1 fully saturated rings. The lowest BCUT2D eigenvalue weighted by Crippen LogP contribution is -2.42. The van der Waals surface area contributed by atoms with Crippen molar-refractivity contribution < 1.29 is 9.21 Å². The Balaban J connectivity index is 1.96. The first kappa shape index (κ1) is 19.3. The molecule has 140 valence electrons. The largest absolute Gasteiger partial charge is 0.468 e. The van der Waals surface area contributed by atoms with E-state index in [-0.39, 0.29) is 11.9 Å². The molecule has 1 aromatic heterocycles. The fourth-order valence-corrected chi connectivity index (χ4v) is 3.04. The minimum Gasteiger partial charge on any atom is -0.468 e. The first-order valence-electron chi connectivity index (χ1n) is 9.24. The van der Waals surface area contributed by atoms with E-state index in [4.69, 9.17) is 9.41 Å². The Morgan fingerprint density at radius 3 is 2.64 bits per heavy atom. The summed E-state index contributed by atoms with van der Waals surface area (Å²) in [7, 11) is 0. The molecule has 0 saturated carbocycles. The van der Waals surface area contributed by atoms with Crippen molar-refractivity contribution >= 4 is 11.9 Å². The number of nitrogens with one attached hydrogen (secondary N) is 3. The maximum absolute atomic E-state index is 10.9. The number of carbonyl (C=O) groups is 1. The van der Waals surface area contributed by atoms with Crippen LogP contribution < -0.4 is 16.0 Å². The zero-order valence-corrected chi connectivity index (χ0v) is 15.4. The van der Waals surface area contributed by atoms with E-state index in [2.05, 4.69) is 20.9 Å². The van der Waals surface area contributed by atoms with Gasteiger partial charge in [-0.2, -0.15) is 0 Å². The van der Waals surface area contributed by atoms with Crippen LogP contribution in [-0.2, 0) is 4.79 Å². The first-order chi connectivity index (χ1) is 12.2. The Morgan fingerprint density at radius 1 is 1.24 bits per heavy atom. The Bertz CT molecular complexity index is 524. The van der Waals surface area contributed by atoms with Gasteiger partial charge in [0, 0.05) is 26.6 Å². The van der Waals surface area contributed by atoms with Crippen LogP contribution in [-0.4, -0.2) is 56.0 Å². The van der Waals surface area contributed by atoms with E-state index < -0.39 is 0 Å². The summed E-state index contributed by atoms with van der Waals surface area (Å²) in [6.45, 7) is 8.39. The van der Waals surface area contributed by atoms with Crippen LogP contribution in [0.15, 0.2) is 27.8 Å². The highest BCUT2D eigenvalue weighted by molar-refractivity contribution is 5.79. The van der Waals surface area contributed by atoms with Crippen LogP contribution in [0.2, 0.25) is 0 Å². The summed E-state index contributed by atoms with van der Waals surface area (Å²) < 4.78 is 5.67. The van der Waals surface area contributed by atoms with E-state index in [9.17, 15) is 4.79 Å². The molecule has 7 nitrogen and oxygen atoms in total. The number of likely N-dealkylation sites (tertiary alicyclic amines) is 1. The number of hydrogen-bond donors (Lipinski definition) is 3. The second kappa shape index (κ2) is 10.8. The molecule has 1 aromatic rings. The third-order valence-electron chi connectivity index (χ3n) is 4.26. The molecule has 0 spiro atoms. The maximum atomic E-state index is 10.9. The molecule has 1 saturated heterocycles. The lowest BCUT2D eigenvalue weighted by molar-refractivity contribution is -0.118. The number of aliphatic imine (C=N–C) groups is 1. The van der Waals surface area contributed by atoms with Gasteiger partial charge in [0.1, 0.15) is 5.76 Å². The number of hydrogen-bond acceptors (Lipinski definition) is 4. The van der Waals surface area contributed by atoms with Gasteiger partial charge < -0.3 is 20.4 Å². The lowest BCUT2D eigenvalue weighted by Gasteiger charge is -2.32. The first-order valence-corrected chi connectivity index (χ1v) is 9.24. The Hall–Kier alpha value is -2.02. The molecule has 1 aliphatic heterocycles. The van der Waals surface area contributed by atoms with Crippen molar-refractivity contribution in [3.8, 4) is 0 Å². The standard InChI is InChI=1S/C18H31N5O2/c1-3-19-18(21-10-9-20-15(2)24)22-14-16(17-8-7-13-25-17)23-11-5-4-6-12-23/h7-8,13,16H,3-6,9-12,14H2,1-2H3,(H,20,24)(H2,19,21,22). The third-order valence-corrected chi connectivity index (χ3v) is 4.26. The molecular weight excluding hydrogens is 318 g/mol. The van der Waals surface area contributed by atoms with Crippen molar-refractivity contribution in [2.24, 2.45) is 4.99 Å². The fourth-order valence-electron chi connectivity index (χ4n) is 3.04. The summed E-state index contributed by atoms with van der Waals surface area (Å²) in [4.78, 5) is 18.1. The summed E-state index contributed by atoms with van der Waals surface area (Å²) in [5.41, 5.74) is 0. The third kappa shape index (κ3) is 6.78. The second-order valence-corrected chi connectivity index (χ2v) is 6.26. The normalized spacial score (nSPS) is 17.1. The van der Waals surface area contributed by atoms with E-state index in [1.165, 1.54) is 26.2 Å². The van der Waals surface area contributed by atoms with Gasteiger partial charge in [-0.25, -0.2) is 0 Å². The molecule has 0 radical (unpaired) electrons. The van der Waals surface area contributed by atoms with Gasteiger partial charge in [-0.3, -0.25) is 14.7 Å². The molecule has 3 N–H and O–H groups in total. The molecular formula is C18H31N5O2. The molecule has 1 amide bonds. The van der Waals surface area contributed by atoms with Crippen LogP contribution >= 0.6 is 0 Å². The van der Waals surface area contributed by atoms with Gasteiger partial charge >= 0.3 is 0 Å². The smallest absolute Gasteiger partial charge is 0.216 e. The zero-order valence-electron chi connectivity index (χ0n) is 15.4. The van der Waals surface area contributed by atoms with Gasteiger partial charge in [0.15, 0.2) is 5.96 Å². The van der Waals surface area contributed by atoms with Crippen molar-refractivity contribution in [3.05, 3.63) is 24.2 Å². The number of guanidine groups is 1. The van der Waals surface area contributed by atoms with Crippen LogP contribution in [0.25, 0.3) is 0 Å². The summed E-state index contributed by atoms with van der Waals surface area (Å²) in [5.74, 6) is 1.72. The molecule has 2 heterocycles. The van der Waals surface area contributed by atoms with Gasteiger partial charge in [0.25, 0.3) is 0 Å². The van der Waals surface area contributed by atoms with Gasteiger partial charge in [-0.05, 0) is 45.0 Å². The van der Waals surface area contributed by atoms with Crippen LogP contribution in [0.4, 0.5) is 0 Å². The predicted molar refractivity (Wildman–Crippen MR) is 99.5 cm³/mol. The highest BCUT2D eigenvalue weighted by Gasteiger charge is 2.24. The molecule has 1 aliphatic rings. The Morgan fingerprint density at radius 2 is 2.00 bits per heavy atom. The fraction of sp³-hybridized carbons (Fsp3) is 0.667. The average Bonchev–Trinajstić information content (AvgIpc) is 3.14. The summed E-state index contributed by atoms with van der Waals surface area (Å²) in [6.07, 6.45) is 5.50.